The van der Waals surface area contributed by atoms with Crippen LogP contribution in [0.2, 0.25) is 0 Å². The van der Waals surface area contributed by atoms with E-state index in [1.807, 2.05) is 24.3 Å². The van der Waals surface area contributed by atoms with E-state index < -0.39 is 6.10 Å². The van der Waals surface area contributed by atoms with Crippen LogP contribution in [0, 0.1) is 5.41 Å². The molecule has 0 saturated carbocycles. The molecule has 0 aromatic heterocycles. The topological polar surface area (TPSA) is 61.4 Å². The zero-order valence-corrected chi connectivity index (χ0v) is 13.8. The fraction of sp³-hybridized carbons (Fsp3) is 0.533. The fourth-order valence-corrected chi connectivity index (χ4v) is 2.13. The molecule has 1 amide bonds. The lowest BCUT2D eigenvalue weighted by Gasteiger charge is -2.22. The lowest BCUT2D eigenvalue weighted by Crippen LogP contribution is -2.35. The largest absolute Gasteiger partial charge is 0.392 e. The van der Waals surface area contributed by atoms with E-state index in [0.717, 1.165) is 10.2 Å². The molecule has 1 unspecified atom stereocenters. The van der Waals surface area contributed by atoms with Crippen molar-refractivity contribution in [2.45, 2.75) is 33.3 Å². The van der Waals surface area contributed by atoms with Gasteiger partial charge in [0.25, 0.3) is 0 Å². The van der Waals surface area contributed by atoms with Crippen molar-refractivity contribution >= 4 is 27.5 Å². The van der Waals surface area contributed by atoms with Crippen LogP contribution >= 0.6 is 15.9 Å². The molecule has 0 aliphatic heterocycles. The molecule has 20 heavy (non-hydrogen) atoms. The van der Waals surface area contributed by atoms with Crippen molar-refractivity contribution in [1.29, 1.82) is 0 Å². The predicted molar refractivity (Wildman–Crippen MR) is 85.7 cm³/mol. The first-order valence-electron chi connectivity index (χ1n) is 6.70. The Kier molecular flexibility index (Phi) is 6.65. The quantitative estimate of drug-likeness (QED) is 0.744. The normalized spacial score (nSPS) is 13.1. The second kappa shape index (κ2) is 7.76. The van der Waals surface area contributed by atoms with Gasteiger partial charge in [-0.2, -0.15) is 0 Å². The summed E-state index contributed by atoms with van der Waals surface area (Å²) in [6.07, 6.45) is 0.268. The Balaban J connectivity index is 2.25. The summed E-state index contributed by atoms with van der Waals surface area (Å²) in [4.78, 5) is 11.7. The molecule has 1 atom stereocenters. The van der Waals surface area contributed by atoms with Crippen LogP contribution in [0.4, 0.5) is 5.69 Å². The van der Waals surface area contributed by atoms with Crippen molar-refractivity contribution in [3.63, 3.8) is 0 Å². The standard InChI is InChI=1S/C15H23BrN2O2/c1-15(2,3)8-13(19)9-17-10-14(20)18-12-6-4-11(16)5-7-12/h4-7,13,17,19H,8-10H2,1-3H3,(H,18,20). The number of aliphatic hydroxyl groups excluding tert-OH is 1. The van der Waals surface area contributed by atoms with Gasteiger partial charge in [0, 0.05) is 16.7 Å². The molecule has 0 aliphatic carbocycles. The zero-order valence-electron chi connectivity index (χ0n) is 12.2. The van der Waals surface area contributed by atoms with Gasteiger partial charge in [-0.1, -0.05) is 36.7 Å². The van der Waals surface area contributed by atoms with Crippen molar-refractivity contribution in [1.82, 2.24) is 5.32 Å². The summed E-state index contributed by atoms with van der Waals surface area (Å²) in [6.45, 7) is 6.85. The van der Waals surface area contributed by atoms with Gasteiger partial charge in [-0.25, -0.2) is 0 Å². The Morgan fingerprint density at radius 1 is 1.30 bits per heavy atom. The number of carbonyl (C=O) groups excluding carboxylic acids is 1. The number of aliphatic hydroxyl groups is 1. The van der Waals surface area contributed by atoms with E-state index in [1.165, 1.54) is 0 Å². The average Bonchev–Trinajstić information content (AvgIpc) is 2.29. The number of halogens is 1. The van der Waals surface area contributed by atoms with E-state index in [-0.39, 0.29) is 17.9 Å². The van der Waals surface area contributed by atoms with Crippen LogP contribution in [-0.2, 0) is 4.79 Å². The van der Waals surface area contributed by atoms with E-state index in [1.54, 1.807) is 0 Å². The first-order valence-corrected chi connectivity index (χ1v) is 7.50. The Morgan fingerprint density at radius 3 is 2.45 bits per heavy atom. The number of nitrogens with one attached hydrogen (secondary N) is 2. The third-order valence-electron chi connectivity index (χ3n) is 2.64. The molecule has 112 valence electrons. The summed E-state index contributed by atoms with van der Waals surface area (Å²) in [5, 5.41) is 15.6. The summed E-state index contributed by atoms with van der Waals surface area (Å²) in [5.74, 6) is -0.115. The second-order valence-corrected chi connectivity index (χ2v) is 7.02. The molecule has 0 radical (unpaired) electrons. The lowest BCUT2D eigenvalue weighted by molar-refractivity contribution is -0.115. The highest BCUT2D eigenvalue weighted by Gasteiger charge is 2.16. The first kappa shape index (κ1) is 17.1. The third-order valence-corrected chi connectivity index (χ3v) is 3.17. The van der Waals surface area contributed by atoms with Gasteiger partial charge in [0.15, 0.2) is 0 Å². The molecule has 0 fully saturated rings. The average molecular weight is 343 g/mol. The molecular weight excluding hydrogens is 320 g/mol. The Labute approximate surface area is 129 Å². The van der Waals surface area contributed by atoms with Crippen LogP contribution in [-0.4, -0.2) is 30.2 Å². The van der Waals surface area contributed by atoms with Gasteiger partial charge in [0.1, 0.15) is 0 Å². The van der Waals surface area contributed by atoms with Crippen LogP contribution in [0.1, 0.15) is 27.2 Å². The minimum absolute atomic E-state index is 0.0841. The van der Waals surface area contributed by atoms with Crippen molar-refractivity contribution in [3.8, 4) is 0 Å². The van der Waals surface area contributed by atoms with Gasteiger partial charge in [0.2, 0.25) is 5.91 Å². The number of carbonyl (C=O) groups is 1. The molecule has 1 aromatic rings. The Morgan fingerprint density at radius 2 is 1.90 bits per heavy atom. The molecule has 1 rings (SSSR count). The monoisotopic (exact) mass is 342 g/mol. The van der Waals surface area contributed by atoms with E-state index in [2.05, 4.69) is 47.3 Å². The van der Waals surface area contributed by atoms with Crippen molar-refractivity contribution in [3.05, 3.63) is 28.7 Å². The van der Waals surface area contributed by atoms with Crippen LogP contribution in [0.15, 0.2) is 28.7 Å². The smallest absolute Gasteiger partial charge is 0.238 e. The molecule has 0 spiro atoms. The number of hydrogen-bond donors (Lipinski definition) is 3. The van der Waals surface area contributed by atoms with Gasteiger partial charge in [-0.15, -0.1) is 0 Å². The minimum atomic E-state index is -0.435. The lowest BCUT2D eigenvalue weighted by atomic mass is 9.89. The number of hydrogen-bond acceptors (Lipinski definition) is 3. The maximum atomic E-state index is 11.7. The van der Waals surface area contributed by atoms with E-state index in [0.29, 0.717) is 13.0 Å². The fourth-order valence-electron chi connectivity index (χ4n) is 1.87. The van der Waals surface area contributed by atoms with E-state index in [4.69, 9.17) is 0 Å². The van der Waals surface area contributed by atoms with Crippen LogP contribution in [0.25, 0.3) is 0 Å². The summed E-state index contributed by atoms with van der Waals surface area (Å²) in [6, 6.07) is 7.40. The maximum Gasteiger partial charge on any atom is 0.238 e. The SMILES string of the molecule is CC(C)(C)CC(O)CNCC(=O)Nc1ccc(Br)cc1. The molecule has 3 N–H and O–H groups in total. The van der Waals surface area contributed by atoms with Crippen molar-refractivity contribution < 1.29 is 9.90 Å². The molecule has 1 aromatic carbocycles. The number of amides is 1. The first-order chi connectivity index (χ1) is 9.26. The summed E-state index contributed by atoms with van der Waals surface area (Å²) < 4.78 is 0.971. The molecule has 0 heterocycles. The van der Waals surface area contributed by atoms with E-state index in [9.17, 15) is 9.90 Å². The second-order valence-electron chi connectivity index (χ2n) is 6.10. The predicted octanol–water partition coefficient (Wildman–Crippen LogP) is 2.77. The number of benzene rings is 1. The Hall–Kier alpha value is -0.910. The summed E-state index contributed by atoms with van der Waals surface area (Å²) in [5.41, 5.74) is 0.844. The molecule has 0 bridgehead atoms. The summed E-state index contributed by atoms with van der Waals surface area (Å²) >= 11 is 3.34. The maximum absolute atomic E-state index is 11.7. The van der Waals surface area contributed by atoms with Crippen LogP contribution < -0.4 is 10.6 Å². The molecule has 0 aliphatic rings. The highest BCUT2D eigenvalue weighted by atomic mass is 79.9. The van der Waals surface area contributed by atoms with Gasteiger partial charge in [-0.3, -0.25) is 4.79 Å². The molecule has 5 heteroatoms. The van der Waals surface area contributed by atoms with Crippen LogP contribution in [0.5, 0.6) is 0 Å². The van der Waals surface area contributed by atoms with Gasteiger partial charge < -0.3 is 15.7 Å². The molecular formula is C15H23BrN2O2. The zero-order chi connectivity index (χ0) is 15.2. The minimum Gasteiger partial charge on any atom is -0.392 e. The molecule has 4 nitrogen and oxygen atoms in total. The van der Waals surface area contributed by atoms with Gasteiger partial charge in [-0.05, 0) is 36.1 Å². The number of anilines is 1. The van der Waals surface area contributed by atoms with Crippen LogP contribution in [0.3, 0.4) is 0 Å². The highest BCUT2D eigenvalue weighted by molar-refractivity contribution is 9.10. The van der Waals surface area contributed by atoms with Crippen molar-refractivity contribution in [2.75, 3.05) is 18.4 Å². The van der Waals surface area contributed by atoms with Gasteiger partial charge in [0.05, 0.1) is 12.6 Å². The van der Waals surface area contributed by atoms with Crippen molar-refractivity contribution in [2.24, 2.45) is 5.41 Å². The Bertz CT molecular complexity index is 426. The third kappa shape index (κ3) is 7.62. The number of rotatable bonds is 6. The highest BCUT2D eigenvalue weighted by Crippen LogP contribution is 2.20. The molecule has 0 saturated heterocycles. The van der Waals surface area contributed by atoms with Gasteiger partial charge >= 0.3 is 0 Å². The summed E-state index contributed by atoms with van der Waals surface area (Å²) in [7, 11) is 0. The van der Waals surface area contributed by atoms with E-state index >= 15 is 0 Å².